The fourth-order valence-electron chi connectivity index (χ4n) is 4.45. The van der Waals surface area contributed by atoms with E-state index < -0.39 is 34.9 Å². The van der Waals surface area contributed by atoms with Gasteiger partial charge < -0.3 is 31.4 Å². The summed E-state index contributed by atoms with van der Waals surface area (Å²) < 4.78 is 0. The van der Waals surface area contributed by atoms with Crippen molar-refractivity contribution in [2.75, 3.05) is 22.9 Å². The molecule has 0 saturated carbocycles. The Hall–Kier alpha value is -4.37. The number of thiazole rings is 1. The number of aromatic nitrogens is 1. The summed E-state index contributed by atoms with van der Waals surface area (Å²) in [6.45, 7) is 0.309. The molecule has 5 rings (SSSR count). The average molecular weight is 557 g/mol. The Morgan fingerprint density at radius 1 is 1.26 bits per heavy atom. The lowest BCUT2D eigenvalue weighted by Gasteiger charge is -2.49. The van der Waals surface area contributed by atoms with E-state index in [1.807, 2.05) is 0 Å². The molecule has 1 aromatic heterocycles. The minimum Gasteiger partial charge on any atom is -0.506 e. The number of thioether (sulfide) groups is 1. The maximum atomic E-state index is 13.0. The molecule has 38 heavy (non-hydrogen) atoms. The number of β-lactam (4-membered cyclic amide) rings is 1. The van der Waals surface area contributed by atoms with Gasteiger partial charge in [-0.2, -0.15) is 0 Å². The van der Waals surface area contributed by atoms with Crippen LogP contribution in [0.4, 0.5) is 10.8 Å². The van der Waals surface area contributed by atoms with Gasteiger partial charge in [0.2, 0.25) is 0 Å². The fourth-order valence-corrected chi connectivity index (χ4v) is 6.31. The first-order valence-electron chi connectivity index (χ1n) is 11.2. The average Bonchev–Trinajstić information content (AvgIpc) is 3.48. The standard InChI is InChI=1S/C23H20N6O7S2/c24-23-25-12(9-38-23)15(27-36)18(31)26-16-20(33)29-17(22(34)35)11(8-37-21(16)29)7-10-5-6-28(19(10)32)13-3-1-2-4-14(13)30/h1-4,7,9,16,21,30,36H,5-6,8H2,(H2,24,25)(H,26,31)(H,34,35)/t16-,21-/m1/s1. The number of aliphatic carboxylic acids is 1. The molecule has 3 aliphatic heterocycles. The predicted octanol–water partition coefficient (Wildman–Crippen LogP) is 0.711. The summed E-state index contributed by atoms with van der Waals surface area (Å²) in [5.74, 6) is -3.12. The maximum absolute atomic E-state index is 13.0. The van der Waals surface area contributed by atoms with Gasteiger partial charge in [0.05, 0.1) is 5.69 Å². The van der Waals surface area contributed by atoms with Gasteiger partial charge in [0.1, 0.15) is 28.6 Å². The largest absolute Gasteiger partial charge is 0.506 e. The fraction of sp³-hybridized carbons (Fsp3) is 0.217. The lowest BCUT2D eigenvalue weighted by molar-refractivity contribution is -0.150. The van der Waals surface area contributed by atoms with Gasteiger partial charge in [-0.1, -0.05) is 17.3 Å². The van der Waals surface area contributed by atoms with Gasteiger partial charge in [0.15, 0.2) is 10.8 Å². The molecular formula is C23H20N6O7S2. The molecule has 1 aromatic carbocycles. The molecule has 13 nitrogen and oxygen atoms in total. The van der Waals surface area contributed by atoms with E-state index in [4.69, 9.17) is 5.73 Å². The minimum absolute atomic E-state index is 0.0338. The van der Waals surface area contributed by atoms with Gasteiger partial charge >= 0.3 is 5.97 Å². The summed E-state index contributed by atoms with van der Waals surface area (Å²) in [6.07, 6.45) is 1.81. The highest BCUT2D eigenvalue weighted by atomic mass is 32.2. The second-order valence-electron chi connectivity index (χ2n) is 8.42. The predicted molar refractivity (Wildman–Crippen MR) is 138 cm³/mol. The van der Waals surface area contributed by atoms with Crippen LogP contribution >= 0.6 is 23.1 Å². The quantitative estimate of drug-likeness (QED) is 0.111. The number of carbonyl (C=O) groups excluding carboxylic acids is 3. The van der Waals surface area contributed by atoms with Crippen molar-refractivity contribution in [1.29, 1.82) is 0 Å². The number of rotatable bonds is 6. The number of nitrogen functional groups attached to an aromatic ring is 1. The zero-order valence-electron chi connectivity index (χ0n) is 19.4. The van der Waals surface area contributed by atoms with Crippen LogP contribution in [0.5, 0.6) is 5.75 Å². The third-order valence-electron chi connectivity index (χ3n) is 6.21. The SMILES string of the molecule is Nc1nc(C(=NO)C(=O)N[C@@H]2C(=O)N3C(C(=O)O)=C(C=C4CCN(c5ccccc5O)C4=O)CS[C@H]23)cs1. The van der Waals surface area contributed by atoms with E-state index in [1.54, 1.807) is 18.2 Å². The molecule has 0 spiro atoms. The van der Waals surface area contributed by atoms with E-state index >= 15 is 0 Å². The summed E-state index contributed by atoms with van der Waals surface area (Å²) in [4.78, 5) is 57.2. The van der Waals surface area contributed by atoms with Crippen LogP contribution in [0, 0.1) is 0 Å². The topological polar surface area (TPSA) is 199 Å². The lowest BCUT2D eigenvalue weighted by atomic mass is 10.0. The molecule has 0 radical (unpaired) electrons. The van der Waals surface area contributed by atoms with Crippen molar-refractivity contribution < 1.29 is 34.6 Å². The van der Waals surface area contributed by atoms with Gasteiger partial charge in [0, 0.05) is 23.3 Å². The van der Waals surface area contributed by atoms with Crippen molar-refractivity contribution in [1.82, 2.24) is 15.2 Å². The molecule has 0 unspecified atom stereocenters. The van der Waals surface area contributed by atoms with Crippen molar-refractivity contribution >= 4 is 63.3 Å². The van der Waals surface area contributed by atoms with E-state index in [2.05, 4.69) is 15.5 Å². The Bertz CT molecular complexity index is 1470. The molecule has 2 atom stereocenters. The third kappa shape index (κ3) is 4.24. The molecule has 4 heterocycles. The number of oxime groups is 1. The van der Waals surface area contributed by atoms with E-state index in [9.17, 15) is 34.6 Å². The third-order valence-corrected chi connectivity index (χ3v) is 8.19. The van der Waals surface area contributed by atoms with Crippen LogP contribution in [0.3, 0.4) is 0 Å². The first-order chi connectivity index (χ1) is 18.2. The summed E-state index contributed by atoms with van der Waals surface area (Å²) in [5, 5.41) is 35.6. The molecular weight excluding hydrogens is 536 g/mol. The van der Waals surface area contributed by atoms with Crippen LogP contribution < -0.4 is 16.0 Å². The zero-order chi connectivity index (χ0) is 27.1. The number of nitrogens with one attached hydrogen (secondary N) is 1. The van der Waals surface area contributed by atoms with E-state index in [-0.39, 0.29) is 39.5 Å². The number of aromatic hydroxyl groups is 1. The molecule has 196 valence electrons. The van der Waals surface area contributed by atoms with E-state index in [1.165, 1.54) is 34.2 Å². The Morgan fingerprint density at radius 3 is 2.68 bits per heavy atom. The molecule has 2 fully saturated rings. The van der Waals surface area contributed by atoms with Gasteiger partial charge in [-0.25, -0.2) is 9.78 Å². The Labute approximate surface area is 222 Å². The molecule has 3 amide bonds. The van der Waals surface area contributed by atoms with Crippen LogP contribution in [0.2, 0.25) is 0 Å². The van der Waals surface area contributed by atoms with Gasteiger partial charge in [0.25, 0.3) is 17.7 Å². The molecule has 6 N–H and O–H groups in total. The molecule has 2 aromatic rings. The number of anilines is 2. The first kappa shape index (κ1) is 25.3. The number of para-hydroxylation sites is 2. The van der Waals surface area contributed by atoms with Crippen LogP contribution in [0.1, 0.15) is 12.1 Å². The number of carboxylic acids is 1. The van der Waals surface area contributed by atoms with Crippen molar-refractivity contribution in [3.8, 4) is 5.75 Å². The number of nitrogens with zero attached hydrogens (tertiary/aromatic N) is 4. The second kappa shape index (κ2) is 9.83. The number of phenols is 1. The molecule has 15 heteroatoms. The monoisotopic (exact) mass is 556 g/mol. The Morgan fingerprint density at radius 2 is 2.03 bits per heavy atom. The number of allylic oxidation sites excluding steroid dienone is 1. The highest BCUT2D eigenvalue weighted by molar-refractivity contribution is 8.00. The number of amides is 3. The number of carbonyl (C=O) groups is 4. The first-order valence-corrected chi connectivity index (χ1v) is 13.1. The van der Waals surface area contributed by atoms with Crippen LogP contribution in [0.25, 0.3) is 0 Å². The number of benzene rings is 1. The number of carboxylic acid groups (broad SMARTS) is 1. The van der Waals surface area contributed by atoms with Gasteiger partial charge in [-0.3, -0.25) is 19.3 Å². The maximum Gasteiger partial charge on any atom is 0.352 e. The number of nitrogens with two attached hydrogens (primary N) is 1. The Kier molecular flexibility index (Phi) is 6.54. The molecule has 0 aliphatic carbocycles. The van der Waals surface area contributed by atoms with Gasteiger partial charge in [-0.15, -0.1) is 23.1 Å². The van der Waals surface area contributed by atoms with Crippen molar-refractivity contribution in [2.45, 2.75) is 17.8 Å². The number of fused-ring (bicyclic) bond motifs is 1. The van der Waals surface area contributed by atoms with Gasteiger partial charge in [-0.05, 0) is 30.2 Å². The van der Waals surface area contributed by atoms with E-state index in [0.29, 0.717) is 24.2 Å². The number of hydrogen-bond donors (Lipinski definition) is 5. The number of phenolic OH excluding ortho intramolecular Hbond substituents is 1. The molecule has 2 saturated heterocycles. The summed E-state index contributed by atoms with van der Waals surface area (Å²) >= 11 is 2.26. The van der Waals surface area contributed by atoms with Crippen molar-refractivity contribution in [3.63, 3.8) is 0 Å². The zero-order valence-corrected chi connectivity index (χ0v) is 21.0. The van der Waals surface area contributed by atoms with Crippen molar-refractivity contribution in [2.24, 2.45) is 5.16 Å². The van der Waals surface area contributed by atoms with Crippen LogP contribution in [-0.4, -0.2) is 78.4 Å². The minimum atomic E-state index is -1.35. The summed E-state index contributed by atoms with van der Waals surface area (Å²) in [5.41, 5.74) is 5.89. The van der Waals surface area contributed by atoms with E-state index in [0.717, 1.165) is 16.2 Å². The normalized spacial score (nSPS) is 22.5. The summed E-state index contributed by atoms with van der Waals surface area (Å²) in [6, 6.07) is 5.36. The van der Waals surface area contributed by atoms with Crippen molar-refractivity contribution in [3.05, 3.63) is 58.3 Å². The lowest BCUT2D eigenvalue weighted by Crippen LogP contribution is -2.71. The smallest absolute Gasteiger partial charge is 0.352 e. The second-order valence-corrected chi connectivity index (χ2v) is 10.4. The Balaban J connectivity index is 1.36. The highest BCUT2D eigenvalue weighted by Crippen LogP contribution is 2.41. The summed E-state index contributed by atoms with van der Waals surface area (Å²) in [7, 11) is 0. The molecule has 3 aliphatic rings. The highest BCUT2D eigenvalue weighted by Gasteiger charge is 2.54. The molecule has 0 bridgehead atoms. The number of hydrogen-bond acceptors (Lipinski definition) is 11. The van der Waals surface area contributed by atoms with Crippen LogP contribution in [0.15, 0.2) is 57.7 Å². The van der Waals surface area contributed by atoms with Crippen LogP contribution in [-0.2, 0) is 19.2 Å².